The lowest BCUT2D eigenvalue weighted by Crippen LogP contribution is -2.28. The van der Waals surface area contributed by atoms with Gasteiger partial charge in [0.15, 0.2) is 0 Å². The van der Waals surface area contributed by atoms with Crippen molar-refractivity contribution in [3.05, 3.63) is 12.2 Å². The third kappa shape index (κ3) is 7.60. The smallest absolute Gasteiger partial charge is 0.330 e. The van der Waals surface area contributed by atoms with Crippen molar-refractivity contribution in [1.82, 2.24) is 0 Å². The van der Waals surface area contributed by atoms with Gasteiger partial charge in [-0.15, -0.1) is 0 Å². The van der Waals surface area contributed by atoms with E-state index in [1.807, 2.05) is 0 Å². The van der Waals surface area contributed by atoms with Crippen LogP contribution in [0.1, 0.15) is 58.3 Å². The zero-order valence-corrected chi connectivity index (χ0v) is 12.8. The molecule has 0 radical (unpaired) electrons. The average Bonchev–Trinajstić information content (AvgIpc) is 2.45. The summed E-state index contributed by atoms with van der Waals surface area (Å²) in [5.74, 6) is -0.611. The van der Waals surface area contributed by atoms with Gasteiger partial charge in [0.1, 0.15) is 6.10 Å². The van der Waals surface area contributed by atoms with Gasteiger partial charge < -0.3 is 20.1 Å². The minimum absolute atomic E-state index is 0.523. The van der Waals surface area contributed by atoms with Crippen LogP contribution in [-0.4, -0.2) is 45.7 Å². The van der Waals surface area contributed by atoms with Crippen molar-refractivity contribution in [3.63, 3.8) is 0 Å². The van der Waals surface area contributed by atoms with Gasteiger partial charge in [0.2, 0.25) is 0 Å². The molecule has 0 aliphatic carbocycles. The number of esters is 1. The number of hydrogen-bond donors (Lipinski definition) is 3. The summed E-state index contributed by atoms with van der Waals surface area (Å²) in [7, 11) is 0. The maximum Gasteiger partial charge on any atom is 0.330 e. The Morgan fingerprint density at radius 3 is 2.10 bits per heavy atom. The molecule has 1 aliphatic rings. The summed E-state index contributed by atoms with van der Waals surface area (Å²) >= 11 is 0. The maximum atomic E-state index is 11.6. The first-order chi connectivity index (χ1) is 10.0. The average molecular weight is 300 g/mol. The molecule has 0 unspecified atom stereocenters. The second-order valence-electron chi connectivity index (χ2n) is 5.83. The van der Waals surface area contributed by atoms with Crippen LogP contribution in [0.3, 0.4) is 0 Å². The van der Waals surface area contributed by atoms with Crippen LogP contribution in [0.25, 0.3) is 0 Å². The third-order valence-electron chi connectivity index (χ3n) is 3.92. The van der Waals surface area contributed by atoms with Gasteiger partial charge >= 0.3 is 5.97 Å². The summed E-state index contributed by atoms with van der Waals surface area (Å²) in [6, 6.07) is 0. The fraction of sp³-hybridized carbons (Fsp3) is 0.812. The van der Waals surface area contributed by atoms with Crippen molar-refractivity contribution >= 4 is 5.97 Å². The first-order valence-corrected chi connectivity index (χ1v) is 7.93. The van der Waals surface area contributed by atoms with E-state index in [0.717, 1.165) is 44.6 Å². The molecule has 0 spiro atoms. The molecular weight excluding hydrogens is 272 g/mol. The van der Waals surface area contributed by atoms with Gasteiger partial charge in [-0.2, -0.15) is 0 Å². The first kappa shape index (κ1) is 18.1. The number of aliphatic hydroxyl groups excluding tert-OH is 3. The molecule has 0 fully saturated rings. The Morgan fingerprint density at radius 1 is 0.952 bits per heavy atom. The van der Waals surface area contributed by atoms with Crippen LogP contribution in [0.5, 0.6) is 0 Å². The van der Waals surface area contributed by atoms with Gasteiger partial charge in [0.25, 0.3) is 0 Å². The van der Waals surface area contributed by atoms with E-state index in [0.29, 0.717) is 12.8 Å². The van der Waals surface area contributed by atoms with Gasteiger partial charge in [-0.3, -0.25) is 0 Å². The molecule has 4 atom stereocenters. The lowest BCUT2D eigenvalue weighted by molar-refractivity contribution is -0.147. The van der Waals surface area contributed by atoms with E-state index in [9.17, 15) is 20.1 Å². The van der Waals surface area contributed by atoms with Crippen LogP contribution in [0.15, 0.2) is 12.2 Å². The Kier molecular flexibility index (Phi) is 8.57. The second kappa shape index (κ2) is 9.92. The lowest BCUT2D eigenvalue weighted by atomic mass is 10.0. The molecule has 0 aromatic carbocycles. The second-order valence-corrected chi connectivity index (χ2v) is 5.83. The molecule has 0 aromatic heterocycles. The number of rotatable bonds is 0. The molecule has 5 nitrogen and oxygen atoms in total. The summed E-state index contributed by atoms with van der Waals surface area (Å²) in [5, 5.41) is 29.4. The summed E-state index contributed by atoms with van der Waals surface area (Å²) in [6.07, 6.45) is 6.39. The van der Waals surface area contributed by atoms with Gasteiger partial charge in [-0.1, -0.05) is 38.5 Å². The van der Waals surface area contributed by atoms with E-state index in [4.69, 9.17) is 4.74 Å². The lowest BCUT2D eigenvalue weighted by Gasteiger charge is -2.19. The van der Waals surface area contributed by atoms with Crippen LogP contribution in [0.4, 0.5) is 0 Å². The minimum Gasteiger partial charge on any atom is -0.457 e. The monoisotopic (exact) mass is 300 g/mol. The van der Waals surface area contributed by atoms with Crippen LogP contribution in [0, 0.1) is 0 Å². The highest BCUT2D eigenvalue weighted by atomic mass is 16.6. The van der Waals surface area contributed by atoms with E-state index < -0.39 is 30.4 Å². The van der Waals surface area contributed by atoms with Crippen molar-refractivity contribution < 1.29 is 24.9 Å². The van der Waals surface area contributed by atoms with Gasteiger partial charge in [0, 0.05) is 6.08 Å². The molecule has 122 valence electrons. The molecule has 0 amide bonds. The van der Waals surface area contributed by atoms with E-state index in [1.165, 1.54) is 6.08 Å². The third-order valence-corrected chi connectivity index (χ3v) is 3.92. The Labute approximate surface area is 126 Å². The van der Waals surface area contributed by atoms with Crippen molar-refractivity contribution in [3.8, 4) is 0 Å². The highest BCUT2D eigenvalue weighted by Gasteiger charge is 2.18. The fourth-order valence-corrected chi connectivity index (χ4v) is 2.43. The SMILES string of the molecule is C[C@H]1OC(=O)/C=C\[C@@H](O)[C@@H](O)CCCCCCCC[C@@H]1O. The standard InChI is InChI=1S/C16H28O5/c1-12-13(17)8-6-4-2-3-5-7-9-14(18)15(19)10-11-16(20)21-12/h10-15,17-19H,2-9H2,1H3/b11-10-/t12-,13+,14+,15-/m1/s1. The molecule has 0 aromatic rings. The molecule has 1 aliphatic heterocycles. The van der Waals surface area contributed by atoms with Crippen molar-refractivity contribution in [2.75, 3.05) is 0 Å². The predicted octanol–water partition coefficient (Wildman–Crippen LogP) is 1.69. The Bertz CT molecular complexity index is 329. The van der Waals surface area contributed by atoms with E-state index in [-0.39, 0.29) is 0 Å². The molecule has 1 rings (SSSR count). The molecule has 21 heavy (non-hydrogen) atoms. The van der Waals surface area contributed by atoms with Crippen molar-refractivity contribution in [2.24, 2.45) is 0 Å². The Hall–Kier alpha value is -0.910. The summed E-state index contributed by atoms with van der Waals surface area (Å²) < 4.78 is 5.08. The van der Waals surface area contributed by atoms with Crippen LogP contribution >= 0.6 is 0 Å². The van der Waals surface area contributed by atoms with Crippen LogP contribution in [0.2, 0.25) is 0 Å². The molecule has 5 heteroatoms. The Balaban J connectivity index is 2.58. The summed E-state index contributed by atoms with van der Waals surface area (Å²) in [4.78, 5) is 11.6. The first-order valence-electron chi connectivity index (χ1n) is 7.93. The zero-order chi connectivity index (χ0) is 15.7. The maximum absolute atomic E-state index is 11.6. The number of ether oxygens (including phenoxy) is 1. The van der Waals surface area contributed by atoms with Gasteiger partial charge in [-0.05, 0) is 25.8 Å². The molecule has 1 heterocycles. The van der Waals surface area contributed by atoms with Crippen molar-refractivity contribution in [2.45, 2.75) is 82.7 Å². The topological polar surface area (TPSA) is 87.0 Å². The molecular formula is C16H28O5. The largest absolute Gasteiger partial charge is 0.457 e. The summed E-state index contributed by atoms with van der Waals surface area (Å²) in [6.45, 7) is 1.66. The number of carbonyl (C=O) groups excluding carboxylic acids is 1. The quantitative estimate of drug-likeness (QED) is 0.593. The Morgan fingerprint density at radius 2 is 1.48 bits per heavy atom. The molecule has 3 N–H and O–H groups in total. The molecule has 0 saturated heterocycles. The van der Waals surface area contributed by atoms with Gasteiger partial charge in [0.05, 0.1) is 18.3 Å². The molecule has 0 saturated carbocycles. The number of hydrogen-bond acceptors (Lipinski definition) is 5. The van der Waals surface area contributed by atoms with Crippen LogP contribution in [-0.2, 0) is 9.53 Å². The number of cyclic esters (lactones) is 1. The highest BCUT2D eigenvalue weighted by Crippen LogP contribution is 2.15. The minimum atomic E-state index is -1.06. The van der Waals surface area contributed by atoms with Gasteiger partial charge in [-0.25, -0.2) is 4.79 Å². The number of aliphatic hydroxyl groups is 3. The van der Waals surface area contributed by atoms with E-state index in [1.54, 1.807) is 6.92 Å². The number of carbonyl (C=O) groups is 1. The summed E-state index contributed by atoms with van der Waals surface area (Å²) in [5.41, 5.74) is 0. The van der Waals surface area contributed by atoms with E-state index in [2.05, 4.69) is 0 Å². The zero-order valence-electron chi connectivity index (χ0n) is 12.8. The van der Waals surface area contributed by atoms with E-state index >= 15 is 0 Å². The fourth-order valence-electron chi connectivity index (χ4n) is 2.43. The predicted molar refractivity (Wildman–Crippen MR) is 79.7 cm³/mol. The molecule has 0 bridgehead atoms. The van der Waals surface area contributed by atoms with Crippen molar-refractivity contribution in [1.29, 1.82) is 0 Å². The normalized spacial score (nSPS) is 35.9. The highest BCUT2D eigenvalue weighted by molar-refractivity contribution is 5.82. The van der Waals surface area contributed by atoms with Crippen LogP contribution < -0.4 is 0 Å².